The van der Waals surface area contributed by atoms with E-state index in [4.69, 9.17) is 11.6 Å². The molecule has 1 aromatic carbocycles. The average molecular weight is 299 g/mol. The second kappa shape index (κ2) is 6.70. The molecule has 1 amide bonds. The number of hydrogen-bond acceptors (Lipinski definition) is 3. The molecule has 0 aliphatic carbocycles. The molecule has 5 nitrogen and oxygen atoms in total. The van der Waals surface area contributed by atoms with Crippen molar-refractivity contribution in [1.29, 1.82) is 0 Å². The predicted molar refractivity (Wildman–Crippen MR) is 79.1 cm³/mol. The van der Waals surface area contributed by atoms with E-state index >= 15 is 0 Å². The van der Waals surface area contributed by atoms with Gasteiger partial charge in [-0.2, -0.15) is 0 Å². The van der Waals surface area contributed by atoms with Gasteiger partial charge < -0.3 is 4.90 Å². The van der Waals surface area contributed by atoms with Gasteiger partial charge in [0.15, 0.2) is 0 Å². The van der Waals surface area contributed by atoms with Crippen LogP contribution in [0.2, 0.25) is 5.02 Å². The summed E-state index contributed by atoms with van der Waals surface area (Å²) in [6.07, 6.45) is 0.892. The Balaban J connectivity index is 2.92. The van der Waals surface area contributed by atoms with Crippen LogP contribution in [0.15, 0.2) is 18.2 Å². The minimum atomic E-state index is -0.568. The van der Waals surface area contributed by atoms with E-state index in [0.717, 1.165) is 6.42 Å². The number of rotatable bonds is 5. The van der Waals surface area contributed by atoms with Crippen molar-refractivity contribution in [3.05, 3.63) is 38.9 Å². The summed E-state index contributed by atoms with van der Waals surface area (Å²) in [5.41, 5.74) is 0.166. The number of benzene rings is 1. The van der Waals surface area contributed by atoms with Gasteiger partial charge in [-0.1, -0.05) is 25.4 Å². The second-order valence-electron chi connectivity index (χ2n) is 5.32. The summed E-state index contributed by atoms with van der Waals surface area (Å²) < 4.78 is 0. The van der Waals surface area contributed by atoms with E-state index in [0.29, 0.717) is 11.5 Å². The van der Waals surface area contributed by atoms with Gasteiger partial charge >= 0.3 is 0 Å². The third-order valence-electron chi connectivity index (χ3n) is 3.19. The lowest BCUT2D eigenvalue weighted by Gasteiger charge is -2.26. The summed E-state index contributed by atoms with van der Waals surface area (Å²) in [5, 5.41) is 10.7. The summed E-state index contributed by atoms with van der Waals surface area (Å²) in [7, 11) is 1.73. The highest BCUT2D eigenvalue weighted by atomic mass is 35.5. The van der Waals surface area contributed by atoms with Crippen molar-refractivity contribution in [1.82, 2.24) is 4.90 Å². The van der Waals surface area contributed by atoms with Crippen molar-refractivity contribution in [3.63, 3.8) is 0 Å². The van der Waals surface area contributed by atoms with Gasteiger partial charge in [0, 0.05) is 24.7 Å². The normalized spacial score (nSPS) is 12.3. The maximum Gasteiger partial charge on any atom is 0.287 e. The fourth-order valence-electron chi connectivity index (χ4n) is 2.03. The molecule has 0 bridgehead atoms. The Morgan fingerprint density at radius 3 is 2.45 bits per heavy atom. The summed E-state index contributed by atoms with van der Waals surface area (Å²) in [6, 6.07) is 4.14. The van der Waals surface area contributed by atoms with Crippen LogP contribution in [0.1, 0.15) is 37.6 Å². The molecule has 6 heteroatoms. The average Bonchev–Trinajstić information content (AvgIpc) is 2.35. The summed E-state index contributed by atoms with van der Waals surface area (Å²) >= 11 is 5.82. The van der Waals surface area contributed by atoms with Gasteiger partial charge in [0.25, 0.3) is 11.6 Å². The molecule has 0 aromatic heterocycles. The maximum atomic E-state index is 12.3. The van der Waals surface area contributed by atoms with Gasteiger partial charge in [-0.15, -0.1) is 0 Å². The molecule has 1 unspecified atom stereocenters. The lowest BCUT2D eigenvalue weighted by molar-refractivity contribution is -0.384. The molecule has 0 aliphatic rings. The zero-order chi connectivity index (χ0) is 15.4. The van der Waals surface area contributed by atoms with E-state index in [1.165, 1.54) is 18.2 Å². The van der Waals surface area contributed by atoms with Gasteiger partial charge in [-0.05, 0) is 31.4 Å². The molecule has 110 valence electrons. The first-order valence-electron chi connectivity index (χ1n) is 6.45. The molecular formula is C14H19ClN2O3. The van der Waals surface area contributed by atoms with E-state index in [1.807, 2.05) is 6.92 Å². The van der Waals surface area contributed by atoms with Crippen LogP contribution in [0.4, 0.5) is 5.69 Å². The molecule has 1 aromatic rings. The van der Waals surface area contributed by atoms with Crippen molar-refractivity contribution < 1.29 is 9.72 Å². The van der Waals surface area contributed by atoms with E-state index in [2.05, 4.69) is 13.8 Å². The molecule has 0 saturated heterocycles. The van der Waals surface area contributed by atoms with Crippen LogP contribution in [0.25, 0.3) is 0 Å². The van der Waals surface area contributed by atoms with Gasteiger partial charge in [0.1, 0.15) is 5.02 Å². The Morgan fingerprint density at radius 1 is 1.40 bits per heavy atom. The van der Waals surface area contributed by atoms with Crippen LogP contribution < -0.4 is 0 Å². The minimum Gasteiger partial charge on any atom is -0.339 e. The standard InChI is InChI=1S/C14H19ClN2O3/c1-9(2)7-10(3)16(4)14(18)11-5-6-13(17(19)20)12(15)8-11/h5-6,8-10H,7H2,1-4H3. The van der Waals surface area contributed by atoms with E-state index in [9.17, 15) is 14.9 Å². The summed E-state index contributed by atoms with van der Waals surface area (Å²) in [5.74, 6) is 0.302. The predicted octanol–water partition coefficient (Wildman–Crippen LogP) is 3.75. The number of carbonyl (C=O) groups is 1. The lowest BCUT2D eigenvalue weighted by Crippen LogP contribution is -2.35. The monoisotopic (exact) mass is 298 g/mol. The zero-order valence-corrected chi connectivity index (χ0v) is 12.8. The molecule has 0 saturated carbocycles. The first-order chi connectivity index (χ1) is 9.23. The van der Waals surface area contributed by atoms with Gasteiger partial charge in [0.05, 0.1) is 4.92 Å². The fraction of sp³-hybridized carbons (Fsp3) is 0.500. The van der Waals surface area contributed by atoms with Crippen molar-refractivity contribution in [3.8, 4) is 0 Å². The highest BCUT2D eigenvalue weighted by Gasteiger charge is 2.21. The Labute approximate surface area is 123 Å². The highest BCUT2D eigenvalue weighted by Crippen LogP contribution is 2.26. The fourth-order valence-corrected chi connectivity index (χ4v) is 2.28. The van der Waals surface area contributed by atoms with E-state index < -0.39 is 4.92 Å². The molecule has 0 N–H and O–H groups in total. The quantitative estimate of drug-likeness (QED) is 0.614. The number of carbonyl (C=O) groups excluding carboxylic acids is 1. The van der Waals surface area contributed by atoms with Crippen molar-refractivity contribution in [2.45, 2.75) is 33.2 Å². The summed E-state index contributed by atoms with van der Waals surface area (Å²) in [4.78, 5) is 24.1. The Hall–Kier alpha value is -1.62. The first kappa shape index (κ1) is 16.4. The van der Waals surface area contributed by atoms with E-state index in [-0.39, 0.29) is 22.7 Å². The molecular weight excluding hydrogens is 280 g/mol. The molecule has 0 heterocycles. The number of nitrogens with zero attached hydrogens (tertiary/aromatic N) is 2. The van der Waals surface area contributed by atoms with Crippen LogP contribution in [-0.2, 0) is 0 Å². The molecule has 20 heavy (non-hydrogen) atoms. The van der Waals surface area contributed by atoms with Gasteiger partial charge in [-0.25, -0.2) is 0 Å². The minimum absolute atomic E-state index is 0.0224. The largest absolute Gasteiger partial charge is 0.339 e. The third kappa shape index (κ3) is 3.93. The Kier molecular flexibility index (Phi) is 5.51. The third-order valence-corrected chi connectivity index (χ3v) is 3.49. The number of nitro benzene ring substituents is 1. The maximum absolute atomic E-state index is 12.3. The van der Waals surface area contributed by atoms with Crippen LogP contribution in [0, 0.1) is 16.0 Å². The lowest BCUT2D eigenvalue weighted by atomic mass is 10.0. The van der Waals surface area contributed by atoms with Crippen LogP contribution in [0.3, 0.4) is 0 Å². The van der Waals surface area contributed by atoms with E-state index in [1.54, 1.807) is 11.9 Å². The van der Waals surface area contributed by atoms with Gasteiger partial charge in [-0.3, -0.25) is 14.9 Å². The summed E-state index contributed by atoms with van der Waals surface area (Å²) in [6.45, 7) is 6.17. The molecule has 1 atom stereocenters. The number of amides is 1. The molecule has 0 spiro atoms. The number of nitro groups is 1. The Bertz CT molecular complexity index is 517. The van der Waals surface area contributed by atoms with Crippen molar-refractivity contribution >= 4 is 23.2 Å². The van der Waals surface area contributed by atoms with Crippen LogP contribution in [-0.4, -0.2) is 28.8 Å². The molecule has 0 aliphatic heterocycles. The highest BCUT2D eigenvalue weighted by molar-refractivity contribution is 6.33. The van der Waals surface area contributed by atoms with Gasteiger partial charge in [0.2, 0.25) is 0 Å². The molecule has 0 radical (unpaired) electrons. The van der Waals surface area contributed by atoms with Crippen molar-refractivity contribution in [2.75, 3.05) is 7.05 Å². The van der Waals surface area contributed by atoms with Crippen LogP contribution in [0.5, 0.6) is 0 Å². The van der Waals surface area contributed by atoms with Crippen LogP contribution >= 0.6 is 11.6 Å². The van der Waals surface area contributed by atoms with Crippen molar-refractivity contribution in [2.24, 2.45) is 5.92 Å². The molecule has 0 fully saturated rings. The SMILES string of the molecule is CC(C)CC(C)N(C)C(=O)c1ccc([N+](=O)[O-])c(Cl)c1. The number of hydrogen-bond donors (Lipinski definition) is 0. The molecule has 1 rings (SSSR count). The zero-order valence-electron chi connectivity index (χ0n) is 12.1. The smallest absolute Gasteiger partial charge is 0.287 e. The first-order valence-corrected chi connectivity index (χ1v) is 6.83. The topological polar surface area (TPSA) is 63.5 Å². The number of halogens is 1. The second-order valence-corrected chi connectivity index (χ2v) is 5.73. The Morgan fingerprint density at radius 2 is 2.00 bits per heavy atom.